The minimum atomic E-state index is -0.133. The molecular formula is C55H51N. The van der Waals surface area contributed by atoms with Gasteiger partial charge in [0.25, 0.3) is 0 Å². The predicted molar refractivity (Wildman–Crippen MR) is 231 cm³/mol. The maximum Gasteiger partial charge on any atom is 0.0508 e. The van der Waals surface area contributed by atoms with Crippen molar-refractivity contribution in [2.24, 2.45) is 23.7 Å². The fourth-order valence-corrected chi connectivity index (χ4v) is 15.0. The first-order valence-electron chi connectivity index (χ1n) is 22.0. The highest BCUT2D eigenvalue weighted by Crippen LogP contribution is 2.68. The lowest BCUT2D eigenvalue weighted by molar-refractivity contribution is 0.0618. The molecule has 5 saturated carbocycles. The molecule has 276 valence electrons. The van der Waals surface area contributed by atoms with Gasteiger partial charge in [0.15, 0.2) is 0 Å². The van der Waals surface area contributed by atoms with Gasteiger partial charge in [-0.25, -0.2) is 0 Å². The number of benzene rings is 6. The number of hydrogen-bond acceptors (Lipinski definition) is 1. The summed E-state index contributed by atoms with van der Waals surface area (Å²) in [6.45, 7) is 4.91. The van der Waals surface area contributed by atoms with Crippen molar-refractivity contribution < 1.29 is 0 Å². The number of nitrogens with zero attached hydrogens (tertiary/aromatic N) is 1. The molecule has 6 aromatic carbocycles. The average molecular weight is 726 g/mol. The molecule has 8 aliphatic rings. The molecule has 5 unspecified atom stereocenters. The van der Waals surface area contributed by atoms with Crippen LogP contribution < -0.4 is 4.90 Å². The third-order valence-corrected chi connectivity index (χ3v) is 16.9. The number of fused-ring (bicyclic) bond motifs is 12. The molecule has 1 heteroatoms. The average Bonchev–Trinajstić information content (AvgIpc) is 3.92. The molecule has 0 aromatic heterocycles. The van der Waals surface area contributed by atoms with Crippen LogP contribution in [0.5, 0.6) is 0 Å². The molecule has 0 heterocycles. The van der Waals surface area contributed by atoms with Gasteiger partial charge in [-0.15, -0.1) is 0 Å². The van der Waals surface area contributed by atoms with Crippen molar-refractivity contribution in [2.45, 2.75) is 94.3 Å². The van der Waals surface area contributed by atoms with Crippen molar-refractivity contribution in [1.29, 1.82) is 0 Å². The summed E-state index contributed by atoms with van der Waals surface area (Å²) in [5, 5.41) is 0. The molecule has 0 saturated heterocycles. The Kier molecular flexibility index (Phi) is 6.42. The van der Waals surface area contributed by atoms with Crippen LogP contribution in [0, 0.1) is 23.7 Å². The third-order valence-electron chi connectivity index (χ3n) is 16.9. The number of hydrogen-bond donors (Lipinski definition) is 0. The summed E-state index contributed by atoms with van der Waals surface area (Å²) in [6, 6.07) is 50.6. The van der Waals surface area contributed by atoms with Crippen molar-refractivity contribution >= 4 is 17.1 Å². The topological polar surface area (TPSA) is 3.24 Å². The van der Waals surface area contributed by atoms with E-state index < -0.39 is 0 Å². The van der Waals surface area contributed by atoms with Gasteiger partial charge in [0.2, 0.25) is 0 Å². The molecule has 0 radical (unpaired) electrons. The van der Waals surface area contributed by atoms with Crippen molar-refractivity contribution in [3.63, 3.8) is 0 Å². The maximum atomic E-state index is 2.71. The Hall–Kier alpha value is -4.88. The monoisotopic (exact) mass is 725 g/mol. The first-order chi connectivity index (χ1) is 27.5. The van der Waals surface area contributed by atoms with Crippen LogP contribution in [0.2, 0.25) is 0 Å². The molecule has 8 aliphatic carbocycles. The van der Waals surface area contributed by atoms with Crippen molar-refractivity contribution in [2.75, 3.05) is 4.90 Å². The van der Waals surface area contributed by atoms with Crippen LogP contribution in [0.1, 0.15) is 111 Å². The summed E-state index contributed by atoms with van der Waals surface area (Å²) in [4.78, 5) is 2.69. The fourth-order valence-electron chi connectivity index (χ4n) is 15.0. The molecular weight excluding hydrogens is 675 g/mol. The van der Waals surface area contributed by atoms with Crippen LogP contribution in [0.4, 0.5) is 17.1 Å². The van der Waals surface area contributed by atoms with Crippen LogP contribution in [-0.2, 0) is 16.2 Å². The van der Waals surface area contributed by atoms with Gasteiger partial charge >= 0.3 is 0 Å². The normalized spacial score (nSPS) is 27.1. The Bertz CT molecular complexity index is 2630. The van der Waals surface area contributed by atoms with E-state index in [1.165, 1.54) is 126 Å². The SMILES string of the molecule is CC1(C)c2ccccc2-c2cccc(N(c3ccc4c(c3)-c3ccccc3C43CCCC3)c3ccc4c(c3)C3(c5ccccc5-4)C4CCC5CC(C4)CC3C5)c21. The minimum Gasteiger partial charge on any atom is -0.310 e. The Balaban J connectivity index is 1.07. The van der Waals surface area contributed by atoms with Crippen LogP contribution in [-0.4, -0.2) is 0 Å². The van der Waals surface area contributed by atoms with Gasteiger partial charge in [-0.3, -0.25) is 0 Å². The van der Waals surface area contributed by atoms with E-state index in [1.807, 2.05) is 0 Å². The minimum absolute atomic E-state index is 0.110. The van der Waals surface area contributed by atoms with Crippen molar-refractivity contribution in [1.82, 2.24) is 0 Å². The smallest absolute Gasteiger partial charge is 0.0508 e. The fraction of sp³-hybridized carbons (Fsp3) is 0.345. The van der Waals surface area contributed by atoms with Crippen molar-refractivity contribution in [3.8, 4) is 33.4 Å². The standard InChI is InChI=1S/C55H51N/c1-53(2)46-16-6-3-13-41(46)44-15-11-19-51(52(44)53)56(38-23-25-48-45(32-38)42-14-4-7-17-47(42)54(48)26-9-10-27-54)39-22-24-43-40-12-5-8-18-49(40)55(50(43)33-39)36-21-20-34-28-35(30-36)31-37(55)29-34/h3-8,11-19,22-25,32-37H,9-10,20-21,26-31H2,1-2H3. The summed E-state index contributed by atoms with van der Waals surface area (Å²) < 4.78 is 0. The molecule has 2 spiro atoms. The summed E-state index contributed by atoms with van der Waals surface area (Å²) in [5.74, 6) is 3.28. The third kappa shape index (κ3) is 3.93. The van der Waals surface area contributed by atoms with E-state index in [4.69, 9.17) is 0 Å². The van der Waals surface area contributed by atoms with E-state index in [9.17, 15) is 0 Å². The molecule has 0 aliphatic heterocycles. The van der Waals surface area contributed by atoms with E-state index in [1.54, 1.807) is 22.3 Å². The molecule has 4 bridgehead atoms. The van der Waals surface area contributed by atoms with Crippen molar-refractivity contribution in [3.05, 3.63) is 161 Å². The zero-order valence-corrected chi connectivity index (χ0v) is 33.0. The molecule has 0 N–H and O–H groups in total. The first-order valence-corrected chi connectivity index (χ1v) is 22.0. The Labute approximate surface area is 332 Å². The highest BCUT2D eigenvalue weighted by atomic mass is 15.1. The quantitative estimate of drug-likeness (QED) is 0.176. The molecule has 6 aromatic rings. The number of anilines is 3. The Morgan fingerprint density at radius 3 is 1.89 bits per heavy atom. The lowest BCUT2D eigenvalue weighted by Crippen LogP contribution is -2.48. The first kappa shape index (κ1) is 32.2. The number of rotatable bonds is 3. The maximum absolute atomic E-state index is 2.71. The van der Waals surface area contributed by atoms with Gasteiger partial charge in [0.05, 0.1) is 5.69 Å². The predicted octanol–water partition coefficient (Wildman–Crippen LogP) is 14.4. The Morgan fingerprint density at radius 2 is 1.07 bits per heavy atom. The summed E-state index contributed by atoms with van der Waals surface area (Å²) >= 11 is 0. The molecule has 14 rings (SSSR count). The van der Waals surface area contributed by atoms with Gasteiger partial charge in [-0.1, -0.05) is 130 Å². The zero-order chi connectivity index (χ0) is 37.0. The van der Waals surface area contributed by atoms with Gasteiger partial charge in [0, 0.05) is 27.6 Å². The second-order valence-electron chi connectivity index (χ2n) is 19.6. The molecule has 0 amide bonds. The van der Waals surface area contributed by atoms with E-state index in [0.29, 0.717) is 0 Å². The Morgan fingerprint density at radius 1 is 0.464 bits per heavy atom. The molecule has 5 atom stereocenters. The van der Waals surface area contributed by atoms with Crippen LogP contribution >= 0.6 is 0 Å². The largest absolute Gasteiger partial charge is 0.310 e. The van der Waals surface area contributed by atoms with E-state index in [0.717, 1.165) is 23.7 Å². The highest BCUT2D eigenvalue weighted by Gasteiger charge is 2.59. The highest BCUT2D eigenvalue weighted by molar-refractivity contribution is 5.94. The molecule has 56 heavy (non-hydrogen) atoms. The van der Waals surface area contributed by atoms with E-state index in [2.05, 4.69) is 146 Å². The summed E-state index contributed by atoms with van der Waals surface area (Å²) in [5.41, 5.74) is 22.0. The van der Waals surface area contributed by atoms with Gasteiger partial charge in [-0.2, -0.15) is 0 Å². The van der Waals surface area contributed by atoms with Gasteiger partial charge < -0.3 is 4.90 Å². The van der Waals surface area contributed by atoms with Crippen LogP contribution in [0.3, 0.4) is 0 Å². The van der Waals surface area contributed by atoms with Crippen LogP contribution in [0.15, 0.2) is 127 Å². The van der Waals surface area contributed by atoms with Gasteiger partial charge in [-0.05, 0) is 166 Å². The summed E-state index contributed by atoms with van der Waals surface area (Å²) in [7, 11) is 0. The van der Waals surface area contributed by atoms with E-state index in [-0.39, 0.29) is 16.2 Å². The van der Waals surface area contributed by atoms with Gasteiger partial charge in [0.1, 0.15) is 0 Å². The van der Waals surface area contributed by atoms with E-state index >= 15 is 0 Å². The molecule has 5 fully saturated rings. The lowest BCUT2D eigenvalue weighted by atomic mass is 9.51. The summed E-state index contributed by atoms with van der Waals surface area (Å²) in [6.07, 6.45) is 13.6. The second kappa shape index (κ2) is 11.2. The lowest BCUT2D eigenvalue weighted by Gasteiger charge is -2.53. The zero-order valence-electron chi connectivity index (χ0n) is 33.0. The molecule has 1 nitrogen and oxygen atoms in total. The second-order valence-corrected chi connectivity index (χ2v) is 19.6. The van der Waals surface area contributed by atoms with Crippen LogP contribution in [0.25, 0.3) is 33.4 Å².